The quantitative estimate of drug-likeness (QED) is 0.403. The van der Waals surface area contributed by atoms with Crippen molar-refractivity contribution in [3.63, 3.8) is 0 Å². The minimum absolute atomic E-state index is 0.175. The Hall–Kier alpha value is -2.93. The SMILES string of the molecule is CCc1ccc(C(=O)NC(=S)Nc2ccc(NC(=O)c3ccc(Cl)cc3Cl)cc2)cc1. The largest absolute Gasteiger partial charge is 0.332 e. The molecule has 5 nitrogen and oxygen atoms in total. The third-order valence-corrected chi connectivity index (χ3v) is 5.18. The summed E-state index contributed by atoms with van der Waals surface area (Å²) in [5.41, 5.74) is 3.24. The van der Waals surface area contributed by atoms with Crippen LogP contribution >= 0.6 is 35.4 Å². The molecular formula is C23H19Cl2N3O2S. The summed E-state index contributed by atoms with van der Waals surface area (Å²) in [6.45, 7) is 2.05. The van der Waals surface area contributed by atoms with E-state index in [1.54, 1.807) is 48.5 Å². The molecule has 0 saturated carbocycles. The van der Waals surface area contributed by atoms with Gasteiger partial charge in [0, 0.05) is 22.0 Å². The van der Waals surface area contributed by atoms with Gasteiger partial charge in [-0.1, -0.05) is 42.3 Å². The summed E-state index contributed by atoms with van der Waals surface area (Å²) in [5, 5.41) is 9.26. The maximum Gasteiger partial charge on any atom is 0.257 e. The van der Waals surface area contributed by atoms with E-state index < -0.39 is 0 Å². The third-order valence-electron chi connectivity index (χ3n) is 4.43. The number of nitrogens with one attached hydrogen (secondary N) is 3. The van der Waals surface area contributed by atoms with Crippen molar-refractivity contribution < 1.29 is 9.59 Å². The van der Waals surface area contributed by atoms with Gasteiger partial charge >= 0.3 is 0 Å². The van der Waals surface area contributed by atoms with Gasteiger partial charge in [0.25, 0.3) is 11.8 Å². The Morgan fingerprint density at radius 2 is 1.45 bits per heavy atom. The minimum Gasteiger partial charge on any atom is -0.332 e. The van der Waals surface area contributed by atoms with Crippen molar-refractivity contribution in [3.8, 4) is 0 Å². The average Bonchev–Trinajstić information content (AvgIpc) is 2.75. The minimum atomic E-state index is -0.348. The molecule has 0 atom stereocenters. The highest BCUT2D eigenvalue weighted by Gasteiger charge is 2.11. The van der Waals surface area contributed by atoms with Gasteiger partial charge in [-0.2, -0.15) is 0 Å². The molecule has 3 aromatic rings. The number of thiocarbonyl (C=S) groups is 1. The van der Waals surface area contributed by atoms with Crippen LogP contribution in [0.4, 0.5) is 11.4 Å². The van der Waals surface area contributed by atoms with E-state index in [1.165, 1.54) is 6.07 Å². The van der Waals surface area contributed by atoms with E-state index in [1.807, 2.05) is 12.1 Å². The normalized spacial score (nSPS) is 10.3. The van der Waals surface area contributed by atoms with Crippen LogP contribution in [0.2, 0.25) is 10.0 Å². The van der Waals surface area contributed by atoms with E-state index >= 15 is 0 Å². The zero-order chi connectivity index (χ0) is 22.4. The van der Waals surface area contributed by atoms with Crippen LogP contribution in [0.15, 0.2) is 66.7 Å². The summed E-state index contributed by atoms with van der Waals surface area (Å²) in [6, 6.07) is 18.9. The number of aryl methyl sites for hydroxylation is 1. The Balaban J connectivity index is 1.56. The topological polar surface area (TPSA) is 70.2 Å². The maximum atomic E-state index is 12.4. The fourth-order valence-electron chi connectivity index (χ4n) is 2.74. The Bertz CT molecular complexity index is 1120. The summed E-state index contributed by atoms with van der Waals surface area (Å²) in [4.78, 5) is 24.7. The fourth-order valence-corrected chi connectivity index (χ4v) is 3.44. The molecule has 3 rings (SSSR count). The van der Waals surface area contributed by atoms with Crippen molar-refractivity contribution in [3.05, 3.63) is 93.5 Å². The highest BCUT2D eigenvalue weighted by molar-refractivity contribution is 7.80. The molecule has 0 bridgehead atoms. The first-order valence-electron chi connectivity index (χ1n) is 9.43. The van der Waals surface area contributed by atoms with Crippen LogP contribution in [-0.4, -0.2) is 16.9 Å². The number of hydrogen-bond donors (Lipinski definition) is 3. The van der Waals surface area contributed by atoms with Crippen molar-refractivity contribution in [2.45, 2.75) is 13.3 Å². The van der Waals surface area contributed by atoms with Gasteiger partial charge in [0.2, 0.25) is 0 Å². The standard InChI is InChI=1S/C23H19Cl2N3O2S/c1-2-14-3-5-15(6-4-14)21(29)28-23(31)27-18-10-8-17(9-11-18)26-22(30)19-12-7-16(24)13-20(19)25/h3-13H,2H2,1H3,(H,26,30)(H2,27,28,29,31). The van der Waals surface area contributed by atoms with Crippen LogP contribution in [-0.2, 0) is 6.42 Å². The molecule has 3 aromatic carbocycles. The molecule has 158 valence electrons. The molecule has 0 saturated heterocycles. The van der Waals surface area contributed by atoms with E-state index in [0.717, 1.165) is 12.0 Å². The fraction of sp³-hybridized carbons (Fsp3) is 0.0870. The number of amides is 2. The average molecular weight is 472 g/mol. The van der Waals surface area contributed by atoms with Crippen LogP contribution in [0.1, 0.15) is 33.2 Å². The Morgan fingerprint density at radius 1 is 0.839 bits per heavy atom. The molecule has 0 unspecified atom stereocenters. The van der Waals surface area contributed by atoms with Gasteiger partial charge in [0.05, 0.1) is 10.6 Å². The molecule has 0 spiro atoms. The van der Waals surface area contributed by atoms with Crippen LogP contribution in [0.3, 0.4) is 0 Å². The first-order valence-corrected chi connectivity index (χ1v) is 10.6. The predicted octanol–water partition coefficient (Wildman–Crippen LogP) is 5.93. The van der Waals surface area contributed by atoms with Gasteiger partial charge < -0.3 is 10.6 Å². The lowest BCUT2D eigenvalue weighted by Crippen LogP contribution is -2.34. The molecule has 0 fully saturated rings. The lowest BCUT2D eigenvalue weighted by molar-refractivity contribution is 0.0976. The predicted molar refractivity (Wildman–Crippen MR) is 130 cm³/mol. The number of hydrogen-bond acceptors (Lipinski definition) is 3. The van der Waals surface area contributed by atoms with Crippen LogP contribution in [0.25, 0.3) is 0 Å². The first kappa shape index (κ1) is 22.7. The lowest BCUT2D eigenvalue weighted by atomic mass is 10.1. The smallest absolute Gasteiger partial charge is 0.257 e. The molecular weight excluding hydrogens is 453 g/mol. The number of carbonyl (C=O) groups is 2. The van der Waals surface area contributed by atoms with Gasteiger partial charge in [-0.05, 0) is 78.8 Å². The van der Waals surface area contributed by atoms with Gasteiger partial charge in [-0.15, -0.1) is 0 Å². The number of benzene rings is 3. The number of rotatable bonds is 5. The van der Waals surface area contributed by atoms with E-state index in [2.05, 4.69) is 22.9 Å². The molecule has 0 radical (unpaired) electrons. The van der Waals surface area contributed by atoms with E-state index in [-0.39, 0.29) is 21.9 Å². The zero-order valence-electron chi connectivity index (χ0n) is 16.5. The maximum absolute atomic E-state index is 12.4. The summed E-state index contributed by atoms with van der Waals surface area (Å²) < 4.78 is 0. The molecule has 2 amide bonds. The summed E-state index contributed by atoms with van der Waals surface area (Å²) >= 11 is 17.1. The van der Waals surface area contributed by atoms with Crippen molar-refractivity contribution in [2.75, 3.05) is 10.6 Å². The summed E-state index contributed by atoms with van der Waals surface area (Å²) in [6.07, 6.45) is 0.908. The molecule has 8 heteroatoms. The molecule has 0 aliphatic heterocycles. The Labute approximate surface area is 195 Å². The second-order valence-electron chi connectivity index (χ2n) is 6.61. The van der Waals surface area contributed by atoms with Gasteiger partial charge in [-0.3, -0.25) is 14.9 Å². The first-order chi connectivity index (χ1) is 14.9. The molecule has 31 heavy (non-hydrogen) atoms. The second kappa shape index (κ2) is 10.4. The molecule has 0 heterocycles. The summed E-state index contributed by atoms with van der Waals surface area (Å²) in [7, 11) is 0. The molecule has 0 aliphatic carbocycles. The molecule has 0 aromatic heterocycles. The van der Waals surface area contributed by atoms with E-state index in [9.17, 15) is 9.59 Å². The van der Waals surface area contributed by atoms with Crippen molar-refractivity contribution in [2.24, 2.45) is 0 Å². The van der Waals surface area contributed by atoms with E-state index in [0.29, 0.717) is 27.5 Å². The third kappa shape index (κ3) is 6.28. The Kier molecular flexibility index (Phi) is 7.63. The highest BCUT2D eigenvalue weighted by atomic mass is 35.5. The number of anilines is 2. The number of carbonyl (C=O) groups excluding carboxylic acids is 2. The summed E-state index contributed by atoms with van der Waals surface area (Å²) in [5.74, 6) is -0.636. The van der Waals surface area contributed by atoms with Gasteiger partial charge in [0.1, 0.15) is 0 Å². The number of halogens is 2. The monoisotopic (exact) mass is 471 g/mol. The van der Waals surface area contributed by atoms with Crippen LogP contribution in [0.5, 0.6) is 0 Å². The van der Waals surface area contributed by atoms with Crippen LogP contribution in [0, 0.1) is 0 Å². The van der Waals surface area contributed by atoms with Gasteiger partial charge in [-0.25, -0.2) is 0 Å². The molecule has 3 N–H and O–H groups in total. The molecule has 0 aliphatic rings. The highest BCUT2D eigenvalue weighted by Crippen LogP contribution is 2.22. The lowest BCUT2D eigenvalue weighted by Gasteiger charge is -2.11. The second-order valence-corrected chi connectivity index (χ2v) is 7.87. The van der Waals surface area contributed by atoms with Gasteiger partial charge in [0.15, 0.2) is 5.11 Å². The zero-order valence-corrected chi connectivity index (χ0v) is 18.9. The van der Waals surface area contributed by atoms with E-state index in [4.69, 9.17) is 35.4 Å². The van der Waals surface area contributed by atoms with Crippen molar-refractivity contribution in [1.29, 1.82) is 0 Å². The Morgan fingerprint density at radius 3 is 2.03 bits per heavy atom. The van der Waals surface area contributed by atoms with Crippen LogP contribution < -0.4 is 16.0 Å². The van der Waals surface area contributed by atoms with Crippen molar-refractivity contribution >= 4 is 63.7 Å². The van der Waals surface area contributed by atoms with Crippen molar-refractivity contribution in [1.82, 2.24) is 5.32 Å².